The lowest BCUT2D eigenvalue weighted by Crippen LogP contribution is -2.52. The molecule has 1 N–H and O–H groups in total. The highest BCUT2D eigenvalue weighted by Crippen LogP contribution is 2.09. The Morgan fingerprint density at radius 1 is 1.24 bits per heavy atom. The molecule has 1 heterocycles. The molecule has 1 atom stereocenters. The van der Waals surface area contributed by atoms with Crippen LogP contribution in [0.15, 0.2) is 0 Å². The average molecular weight is 241 g/mol. The van der Waals surface area contributed by atoms with Crippen LogP contribution in [0.3, 0.4) is 0 Å². The van der Waals surface area contributed by atoms with Crippen molar-refractivity contribution in [2.45, 2.75) is 52.6 Å². The fourth-order valence-corrected chi connectivity index (χ4v) is 2.51. The average Bonchev–Trinajstić information content (AvgIpc) is 2.23. The first-order valence-electron chi connectivity index (χ1n) is 7.14. The molecular weight excluding hydrogens is 210 g/mol. The van der Waals surface area contributed by atoms with E-state index < -0.39 is 0 Å². The monoisotopic (exact) mass is 241 g/mol. The minimum Gasteiger partial charge on any atom is -0.312 e. The van der Waals surface area contributed by atoms with E-state index in [-0.39, 0.29) is 5.54 Å². The maximum atomic E-state index is 3.56. The van der Waals surface area contributed by atoms with Gasteiger partial charge in [-0.3, -0.25) is 4.90 Å². The Morgan fingerprint density at radius 2 is 1.94 bits per heavy atom. The Kier molecular flexibility index (Phi) is 5.90. The summed E-state index contributed by atoms with van der Waals surface area (Å²) < 4.78 is 0. The summed E-state index contributed by atoms with van der Waals surface area (Å²) in [4.78, 5) is 5.19. The second kappa shape index (κ2) is 6.72. The van der Waals surface area contributed by atoms with E-state index in [0.29, 0.717) is 0 Å². The third-order valence-electron chi connectivity index (χ3n) is 3.56. The molecule has 0 bridgehead atoms. The highest BCUT2D eigenvalue weighted by Gasteiger charge is 2.21. The fourth-order valence-electron chi connectivity index (χ4n) is 2.51. The highest BCUT2D eigenvalue weighted by molar-refractivity contribution is 4.78. The molecule has 1 rings (SSSR count). The number of nitrogens with one attached hydrogen (secondary N) is 1. The molecule has 102 valence electrons. The molecule has 3 nitrogen and oxygen atoms in total. The topological polar surface area (TPSA) is 18.5 Å². The maximum Gasteiger partial charge on any atom is 0.0195 e. The lowest BCUT2D eigenvalue weighted by Gasteiger charge is -2.39. The van der Waals surface area contributed by atoms with Crippen LogP contribution in [-0.2, 0) is 0 Å². The predicted octanol–water partition coefficient (Wildman–Crippen LogP) is 1.79. The third kappa shape index (κ3) is 5.84. The van der Waals surface area contributed by atoms with Crippen molar-refractivity contribution >= 4 is 0 Å². The zero-order valence-electron chi connectivity index (χ0n) is 12.4. The van der Waals surface area contributed by atoms with E-state index in [4.69, 9.17) is 0 Å². The van der Waals surface area contributed by atoms with Crippen LogP contribution in [0.1, 0.15) is 41.0 Å². The SMILES string of the molecule is CCN1CCN(CCCNC(C)(C)C)CC1C. The standard InChI is InChI=1S/C14H31N3/c1-6-17-11-10-16(12-13(17)2)9-7-8-15-14(3,4)5/h13,15H,6-12H2,1-5H3. The summed E-state index contributed by atoms with van der Waals surface area (Å²) in [6.07, 6.45) is 1.26. The lowest BCUT2D eigenvalue weighted by atomic mass is 10.1. The molecule has 0 radical (unpaired) electrons. The number of likely N-dealkylation sites (N-methyl/N-ethyl adjacent to an activating group) is 1. The van der Waals surface area contributed by atoms with Crippen molar-refractivity contribution in [2.75, 3.05) is 39.3 Å². The third-order valence-corrected chi connectivity index (χ3v) is 3.56. The summed E-state index contributed by atoms with van der Waals surface area (Å²) in [6.45, 7) is 18.6. The molecule has 17 heavy (non-hydrogen) atoms. The Bertz CT molecular complexity index is 210. The van der Waals surface area contributed by atoms with Crippen LogP contribution >= 0.6 is 0 Å². The molecule has 1 saturated heterocycles. The van der Waals surface area contributed by atoms with Crippen LogP contribution < -0.4 is 5.32 Å². The second-order valence-electron chi connectivity index (χ2n) is 6.31. The number of rotatable bonds is 5. The predicted molar refractivity (Wildman–Crippen MR) is 75.5 cm³/mol. The Labute approximate surface area is 108 Å². The fraction of sp³-hybridized carbons (Fsp3) is 1.00. The van der Waals surface area contributed by atoms with Crippen molar-refractivity contribution in [1.29, 1.82) is 0 Å². The van der Waals surface area contributed by atoms with Crippen molar-refractivity contribution in [2.24, 2.45) is 0 Å². The first-order chi connectivity index (χ1) is 7.92. The van der Waals surface area contributed by atoms with Crippen LogP contribution in [0.5, 0.6) is 0 Å². The summed E-state index contributed by atoms with van der Waals surface area (Å²) in [5, 5.41) is 3.56. The second-order valence-corrected chi connectivity index (χ2v) is 6.31. The van der Waals surface area contributed by atoms with Gasteiger partial charge in [0.25, 0.3) is 0 Å². The first kappa shape index (κ1) is 14.9. The zero-order chi connectivity index (χ0) is 12.9. The first-order valence-corrected chi connectivity index (χ1v) is 7.14. The molecule has 1 unspecified atom stereocenters. The number of piperazine rings is 1. The van der Waals surface area contributed by atoms with Crippen molar-refractivity contribution in [3.63, 3.8) is 0 Å². The van der Waals surface area contributed by atoms with E-state index >= 15 is 0 Å². The number of hydrogen-bond donors (Lipinski definition) is 1. The highest BCUT2D eigenvalue weighted by atomic mass is 15.3. The molecule has 0 aromatic rings. The van der Waals surface area contributed by atoms with Crippen molar-refractivity contribution in [3.8, 4) is 0 Å². The van der Waals surface area contributed by atoms with E-state index in [2.05, 4.69) is 49.7 Å². The Morgan fingerprint density at radius 3 is 2.47 bits per heavy atom. The summed E-state index contributed by atoms with van der Waals surface area (Å²) in [7, 11) is 0. The summed E-state index contributed by atoms with van der Waals surface area (Å²) in [6, 6.07) is 0.726. The molecule has 0 aliphatic carbocycles. The quantitative estimate of drug-likeness (QED) is 0.740. The van der Waals surface area contributed by atoms with Gasteiger partial charge in [-0.15, -0.1) is 0 Å². The van der Waals surface area contributed by atoms with Crippen LogP contribution in [0.2, 0.25) is 0 Å². The van der Waals surface area contributed by atoms with Gasteiger partial charge in [-0.25, -0.2) is 0 Å². The lowest BCUT2D eigenvalue weighted by molar-refractivity contribution is 0.0870. The zero-order valence-corrected chi connectivity index (χ0v) is 12.4. The molecule has 0 aromatic heterocycles. The molecule has 0 amide bonds. The van der Waals surface area contributed by atoms with Gasteiger partial charge in [0.1, 0.15) is 0 Å². The van der Waals surface area contributed by atoms with Gasteiger partial charge in [0, 0.05) is 31.2 Å². The van der Waals surface area contributed by atoms with E-state index in [9.17, 15) is 0 Å². The van der Waals surface area contributed by atoms with Gasteiger partial charge in [0.2, 0.25) is 0 Å². The summed E-state index contributed by atoms with van der Waals surface area (Å²) in [5.41, 5.74) is 0.258. The van der Waals surface area contributed by atoms with Crippen molar-refractivity contribution < 1.29 is 0 Å². The largest absolute Gasteiger partial charge is 0.312 e. The van der Waals surface area contributed by atoms with Crippen molar-refractivity contribution in [3.05, 3.63) is 0 Å². The normalized spacial score (nSPS) is 24.2. The smallest absolute Gasteiger partial charge is 0.0195 e. The van der Waals surface area contributed by atoms with E-state index in [1.165, 1.54) is 39.1 Å². The van der Waals surface area contributed by atoms with Crippen molar-refractivity contribution in [1.82, 2.24) is 15.1 Å². The van der Waals surface area contributed by atoms with Crippen LogP contribution in [0.25, 0.3) is 0 Å². The van der Waals surface area contributed by atoms with Gasteiger partial charge in [-0.1, -0.05) is 6.92 Å². The molecule has 0 spiro atoms. The van der Waals surface area contributed by atoms with E-state index in [0.717, 1.165) is 12.6 Å². The van der Waals surface area contributed by atoms with E-state index in [1.807, 2.05) is 0 Å². The van der Waals surface area contributed by atoms with Gasteiger partial charge in [0.15, 0.2) is 0 Å². The molecule has 1 aliphatic rings. The molecule has 1 aliphatic heterocycles. The molecule has 1 fully saturated rings. The van der Waals surface area contributed by atoms with Crippen LogP contribution in [0.4, 0.5) is 0 Å². The van der Waals surface area contributed by atoms with Gasteiger partial charge < -0.3 is 10.2 Å². The van der Waals surface area contributed by atoms with Gasteiger partial charge in [-0.2, -0.15) is 0 Å². The van der Waals surface area contributed by atoms with Gasteiger partial charge in [0.05, 0.1) is 0 Å². The molecule has 3 heteroatoms. The number of hydrogen-bond acceptors (Lipinski definition) is 3. The van der Waals surface area contributed by atoms with Gasteiger partial charge >= 0.3 is 0 Å². The van der Waals surface area contributed by atoms with E-state index in [1.54, 1.807) is 0 Å². The molecule has 0 aromatic carbocycles. The Balaban J connectivity index is 2.13. The molecular formula is C14H31N3. The maximum absolute atomic E-state index is 3.56. The summed E-state index contributed by atoms with van der Waals surface area (Å²) in [5.74, 6) is 0. The van der Waals surface area contributed by atoms with Crippen LogP contribution in [0, 0.1) is 0 Å². The van der Waals surface area contributed by atoms with Gasteiger partial charge in [-0.05, 0) is 53.8 Å². The number of nitrogens with zero attached hydrogens (tertiary/aromatic N) is 2. The Hall–Kier alpha value is -0.120. The molecule has 0 saturated carbocycles. The summed E-state index contributed by atoms with van der Waals surface area (Å²) >= 11 is 0. The van der Waals surface area contributed by atoms with Crippen LogP contribution in [-0.4, -0.2) is 60.6 Å². The minimum absolute atomic E-state index is 0.258. The minimum atomic E-state index is 0.258.